The fourth-order valence-corrected chi connectivity index (χ4v) is 5.40. The van der Waals surface area contributed by atoms with Crippen molar-refractivity contribution in [1.29, 1.82) is 0 Å². The summed E-state index contributed by atoms with van der Waals surface area (Å²) in [6.45, 7) is 3.19. The van der Waals surface area contributed by atoms with E-state index in [-0.39, 0.29) is 24.9 Å². The van der Waals surface area contributed by atoms with E-state index in [4.69, 9.17) is 15.2 Å². The van der Waals surface area contributed by atoms with Crippen molar-refractivity contribution in [2.24, 2.45) is 5.73 Å². The number of aliphatic hydroxyl groups excluding tert-OH is 2. The minimum absolute atomic E-state index is 0.00707. The Labute approximate surface area is 243 Å². The summed E-state index contributed by atoms with van der Waals surface area (Å²) in [4.78, 5) is 2.16. The Balaban J connectivity index is 1.35. The van der Waals surface area contributed by atoms with Gasteiger partial charge >= 0.3 is 0 Å². The van der Waals surface area contributed by atoms with Crippen molar-refractivity contribution >= 4 is 0 Å². The monoisotopic (exact) mass is 552 g/mol. The van der Waals surface area contributed by atoms with Gasteiger partial charge in [0, 0.05) is 31.1 Å². The summed E-state index contributed by atoms with van der Waals surface area (Å²) >= 11 is 0. The maximum absolute atomic E-state index is 11.0. The molecule has 0 unspecified atom stereocenters. The van der Waals surface area contributed by atoms with E-state index in [1.165, 1.54) is 0 Å². The lowest BCUT2D eigenvalue weighted by Crippen LogP contribution is -2.43. The molecule has 0 saturated carbocycles. The van der Waals surface area contributed by atoms with Gasteiger partial charge in [-0.15, -0.1) is 0 Å². The van der Waals surface area contributed by atoms with Crippen molar-refractivity contribution in [1.82, 2.24) is 4.90 Å². The Morgan fingerprint density at radius 3 is 2.22 bits per heavy atom. The predicted octanol–water partition coefficient (Wildman–Crippen LogP) is 5.90. The molecule has 0 bridgehead atoms. The van der Waals surface area contributed by atoms with Crippen LogP contribution in [0.1, 0.15) is 59.7 Å². The second kappa shape index (κ2) is 13.5. The molecular weight excluding hydrogens is 512 g/mol. The number of nitrogens with two attached hydrogens (primary N) is 1. The van der Waals surface area contributed by atoms with E-state index in [9.17, 15) is 10.2 Å². The summed E-state index contributed by atoms with van der Waals surface area (Å²) in [6, 6.07) is 34.2. The van der Waals surface area contributed by atoms with Gasteiger partial charge in [-0.25, -0.2) is 0 Å². The Hall–Kier alpha value is -3.36. The fourth-order valence-electron chi connectivity index (χ4n) is 5.40. The Kier molecular flexibility index (Phi) is 9.62. The molecule has 6 nitrogen and oxygen atoms in total. The number of hydrogen-bond donors (Lipinski definition) is 3. The highest BCUT2D eigenvalue weighted by Gasteiger charge is 2.34. The van der Waals surface area contributed by atoms with Gasteiger partial charge in [0.25, 0.3) is 0 Å². The number of likely N-dealkylation sites (N-methyl/N-ethyl adjacent to an activating group) is 1. The van der Waals surface area contributed by atoms with Crippen molar-refractivity contribution < 1.29 is 19.7 Å². The van der Waals surface area contributed by atoms with Crippen LogP contribution in [0.4, 0.5) is 0 Å². The molecule has 4 aromatic rings. The smallest absolute Gasteiger partial charge is 0.184 e. The predicted molar refractivity (Wildman–Crippen MR) is 162 cm³/mol. The Morgan fingerprint density at radius 1 is 0.829 bits per heavy atom. The van der Waals surface area contributed by atoms with Crippen molar-refractivity contribution in [2.75, 3.05) is 13.6 Å². The van der Waals surface area contributed by atoms with Crippen LogP contribution < -0.4 is 5.73 Å². The summed E-state index contributed by atoms with van der Waals surface area (Å²) in [7, 11) is 2.03. The molecule has 1 heterocycles. The highest BCUT2D eigenvalue weighted by Crippen LogP contribution is 2.39. The maximum atomic E-state index is 11.0. The van der Waals surface area contributed by atoms with Crippen molar-refractivity contribution in [3.05, 3.63) is 131 Å². The van der Waals surface area contributed by atoms with Gasteiger partial charge in [0.05, 0.1) is 24.9 Å². The number of hydrogen-bond acceptors (Lipinski definition) is 6. The third-order valence-electron chi connectivity index (χ3n) is 8.08. The van der Waals surface area contributed by atoms with Crippen LogP contribution in [-0.2, 0) is 22.6 Å². The minimum Gasteiger partial charge on any atom is -0.392 e. The van der Waals surface area contributed by atoms with E-state index >= 15 is 0 Å². The molecule has 0 amide bonds. The first kappa shape index (κ1) is 29.1. The lowest BCUT2D eigenvalue weighted by Gasteiger charge is -2.39. The first-order chi connectivity index (χ1) is 19.9. The van der Waals surface area contributed by atoms with Crippen molar-refractivity contribution in [3.63, 3.8) is 0 Å². The summed E-state index contributed by atoms with van der Waals surface area (Å²) in [5.74, 6) is 0. The maximum Gasteiger partial charge on any atom is 0.184 e. The van der Waals surface area contributed by atoms with Gasteiger partial charge in [0.1, 0.15) is 0 Å². The van der Waals surface area contributed by atoms with Gasteiger partial charge in [-0.3, -0.25) is 4.90 Å². The molecule has 5 rings (SSSR count). The van der Waals surface area contributed by atoms with Gasteiger partial charge in [0.2, 0.25) is 0 Å². The van der Waals surface area contributed by atoms with Crippen molar-refractivity contribution in [3.8, 4) is 11.1 Å². The topological polar surface area (TPSA) is 88.2 Å². The molecule has 4 N–H and O–H groups in total. The van der Waals surface area contributed by atoms with Crippen LogP contribution in [0.3, 0.4) is 0 Å². The summed E-state index contributed by atoms with van der Waals surface area (Å²) in [5.41, 5.74) is 12.9. The first-order valence-electron chi connectivity index (χ1n) is 14.3. The third-order valence-corrected chi connectivity index (χ3v) is 8.08. The molecule has 1 aliphatic heterocycles. The average molecular weight is 553 g/mol. The normalized spacial score (nSPS) is 20.6. The zero-order valence-corrected chi connectivity index (χ0v) is 23.8. The molecule has 41 heavy (non-hydrogen) atoms. The number of aliphatic hydroxyl groups is 2. The lowest BCUT2D eigenvalue weighted by atomic mass is 9.98. The van der Waals surface area contributed by atoms with E-state index in [1.54, 1.807) is 0 Å². The van der Waals surface area contributed by atoms with Gasteiger partial charge in [0.15, 0.2) is 6.29 Å². The van der Waals surface area contributed by atoms with E-state index < -0.39 is 12.4 Å². The molecule has 214 valence electrons. The van der Waals surface area contributed by atoms with Crippen LogP contribution in [0.25, 0.3) is 11.1 Å². The summed E-state index contributed by atoms with van der Waals surface area (Å²) in [6.07, 6.45) is -0.757. The standard InChI is InChI=1S/C35H40N2O4/c1-24(34(39)29-8-4-3-5-9-29)37(2)22-32-20-33(28-13-11-25(23-38)12-14-28)41-35(40-32)30-17-15-27(16-18-30)31-10-6-7-26(19-31)21-36/h3-19,24,32-35,38-39H,20-23,36H2,1-2H3/t24-,32+,33-,34-,35-/m1/s1. The van der Waals surface area contributed by atoms with E-state index in [1.807, 2.05) is 80.7 Å². The zero-order chi connectivity index (χ0) is 28.8. The van der Waals surface area contributed by atoms with Crippen LogP contribution in [0.15, 0.2) is 103 Å². The van der Waals surface area contributed by atoms with Gasteiger partial charge in [-0.2, -0.15) is 0 Å². The minimum atomic E-state index is -0.607. The van der Waals surface area contributed by atoms with E-state index in [0.29, 0.717) is 19.5 Å². The second-order valence-corrected chi connectivity index (χ2v) is 10.9. The van der Waals surface area contributed by atoms with Gasteiger partial charge < -0.3 is 25.4 Å². The molecule has 0 spiro atoms. The number of rotatable bonds is 10. The highest BCUT2D eigenvalue weighted by molar-refractivity contribution is 5.64. The van der Waals surface area contributed by atoms with Crippen LogP contribution in [0, 0.1) is 0 Å². The molecule has 0 radical (unpaired) electrons. The molecule has 1 fully saturated rings. The Bertz CT molecular complexity index is 1380. The van der Waals surface area contributed by atoms with E-state index in [2.05, 4.69) is 41.3 Å². The van der Waals surface area contributed by atoms with Crippen LogP contribution in [-0.4, -0.2) is 40.9 Å². The van der Waals surface area contributed by atoms with Gasteiger partial charge in [-0.05, 0) is 53.4 Å². The molecule has 0 aliphatic carbocycles. The zero-order valence-electron chi connectivity index (χ0n) is 23.8. The third kappa shape index (κ3) is 7.11. The molecule has 1 aliphatic rings. The lowest BCUT2D eigenvalue weighted by molar-refractivity contribution is -0.253. The number of ether oxygens (including phenoxy) is 2. The summed E-state index contributed by atoms with van der Waals surface area (Å²) in [5, 5.41) is 20.5. The molecule has 1 saturated heterocycles. The number of nitrogens with zero attached hydrogens (tertiary/aromatic N) is 1. The molecule has 4 aromatic carbocycles. The SMILES string of the molecule is C[C@H]([C@@H](O)c1ccccc1)N(C)C[C@@H]1C[C@H](c2ccc(CO)cc2)O[C@H](c2ccc(-c3cccc(CN)c3)cc2)O1. The fraction of sp³-hybridized carbons (Fsp3) is 0.314. The first-order valence-corrected chi connectivity index (χ1v) is 14.3. The second-order valence-electron chi connectivity index (χ2n) is 10.9. The molecule has 5 atom stereocenters. The summed E-state index contributed by atoms with van der Waals surface area (Å²) < 4.78 is 13.1. The quantitative estimate of drug-likeness (QED) is 0.227. The van der Waals surface area contributed by atoms with Gasteiger partial charge in [-0.1, -0.05) is 97.1 Å². The largest absolute Gasteiger partial charge is 0.392 e. The van der Waals surface area contributed by atoms with Crippen LogP contribution in [0.5, 0.6) is 0 Å². The molecule has 0 aromatic heterocycles. The average Bonchev–Trinajstić information content (AvgIpc) is 3.04. The highest BCUT2D eigenvalue weighted by atomic mass is 16.7. The molecular formula is C35H40N2O4. The van der Waals surface area contributed by atoms with Crippen LogP contribution >= 0.6 is 0 Å². The van der Waals surface area contributed by atoms with E-state index in [0.717, 1.165) is 38.9 Å². The van der Waals surface area contributed by atoms with Crippen molar-refractivity contribution in [2.45, 2.75) is 57.1 Å². The van der Waals surface area contributed by atoms with Crippen LogP contribution in [0.2, 0.25) is 0 Å². The number of benzene rings is 4. The molecule has 6 heteroatoms. The Morgan fingerprint density at radius 2 is 1.54 bits per heavy atom.